The molecule has 12 nitrogen and oxygen atoms in total. The summed E-state index contributed by atoms with van der Waals surface area (Å²) in [6.45, 7) is 10.6. The third kappa shape index (κ3) is 11.2. The third-order valence-corrected chi connectivity index (χ3v) is 12.0. The van der Waals surface area contributed by atoms with E-state index in [1.807, 2.05) is 36.4 Å². The van der Waals surface area contributed by atoms with Crippen molar-refractivity contribution >= 4 is 21.9 Å². The molecule has 2 aliphatic heterocycles. The SMILES string of the molecule is COc1cc([C@@H](C)O)ccc1OCCCN1CCC(c2noc3cc(F)ccc23)CC1.COc1cc([C@H](C)O)ccc1OCCCN1CCC(c2noc3cc(F)ccc23)CC1. The number of aromatic nitrogens is 2. The fourth-order valence-corrected chi connectivity index (χ4v) is 8.38. The van der Waals surface area contributed by atoms with E-state index < -0.39 is 12.2 Å². The molecule has 0 amide bonds. The van der Waals surface area contributed by atoms with Gasteiger partial charge in [-0.1, -0.05) is 22.4 Å². The zero-order valence-electron chi connectivity index (χ0n) is 36.0. The summed E-state index contributed by atoms with van der Waals surface area (Å²) < 4.78 is 60.0. The molecular formula is C48H58F2N4O8. The van der Waals surface area contributed by atoms with Crippen molar-refractivity contribution in [3.63, 3.8) is 0 Å². The Kier molecular flexibility index (Phi) is 15.3. The van der Waals surface area contributed by atoms with E-state index in [9.17, 15) is 19.0 Å². The molecule has 2 N–H and O–H groups in total. The second kappa shape index (κ2) is 21.2. The van der Waals surface area contributed by atoms with Gasteiger partial charge in [-0.15, -0.1) is 0 Å². The van der Waals surface area contributed by atoms with Crippen LogP contribution in [0, 0.1) is 11.6 Å². The maximum atomic E-state index is 13.4. The molecule has 8 rings (SSSR count). The van der Waals surface area contributed by atoms with Crippen LogP contribution < -0.4 is 18.9 Å². The first kappa shape index (κ1) is 44.8. The lowest BCUT2D eigenvalue weighted by molar-refractivity contribution is 0.188. The van der Waals surface area contributed by atoms with Gasteiger partial charge in [-0.2, -0.15) is 0 Å². The molecule has 2 aliphatic rings. The van der Waals surface area contributed by atoms with Gasteiger partial charge < -0.3 is 48.0 Å². The zero-order chi connectivity index (χ0) is 43.6. The van der Waals surface area contributed by atoms with Crippen LogP contribution >= 0.6 is 0 Å². The zero-order valence-corrected chi connectivity index (χ0v) is 36.0. The fraction of sp³-hybridized carbons (Fsp3) is 0.458. The number of rotatable bonds is 16. The molecule has 0 bridgehead atoms. The molecule has 4 heterocycles. The summed E-state index contributed by atoms with van der Waals surface area (Å²) in [6, 6.07) is 20.3. The van der Waals surface area contributed by atoms with Crippen molar-refractivity contribution in [2.24, 2.45) is 0 Å². The number of ether oxygens (including phenoxy) is 4. The Morgan fingerprint density at radius 1 is 0.597 bits per heavy atom. The Morgan fingerprint density at radius 2 is 1.00 bits per heavy atom. The quantitative estimate of drug-likeness (QED) is 0.0898. The Labute approximate surface area is 361 Å². The molecule has 332 valence electrons. The highest BCUT2D eigenvalue weighted by Gasteiger charge is 2.26. The maximum Gasteiger partial charge on any atom is 0.170 e. The first-order valence-corrected chi connectivity index (χ1v) is 21.6. The van der Waals surface area contributed by atoms with E-state index in [1.54, 1.807) is 40.2 Å². The van der Waals surface area contributed by atoms with Crippen molar-refractivity contribution in [3.8, 4) is 23.0 Å². The molecule has 62 heavy (non-hydrogen) atoms. The molecule has 2 atom stereocenters. The number of nitrogens with zero attached hydrogens (tertiary/aromatic N) is 4. The van der Waals surface area contributed by atoms with Gasteiger partial charge in [0.15, 0.2) is 34.2 Å². The summed E-state index contributed by atoms with van der Waals surface area (Å²) in [7, 11) is 3.21. The van der Waals surface area contributed by atoms with Gasteiger partial charge in [0.05, 0.1) is 51.0 Å². The predicted molar refractivity (Wildman–Crippen MR) is 232 cm³/mol. The highest BCUT2D eigenvalue weighted by atomic mass is 19.1. The van der Waals surface area contributed by atoms with Gasteiger partial charge in [0.25, 0.3) is 0 Å². The van der Waals surface area contributed by atoms with Gasteiger partial charge in [-0.3, -0.25) is 0 Å². The van der Waals surface area contributed by atoms with E-state index in [4.69, 9.17) is 28.0 Å². The lowest BCUT2D eigenvalue weighted by Gasteiger charge is -2.31. The topological polar surface area (TPSA) is 136 Å². The number of fused-ring (bicyclic) bond motifs is 2. The second-order valence-corrected chi connectivity index (χ2v) is 16.2. The lowest BCUT2D eigenvalue weighted by atomic mass is 9.91. The van der Waals surface area contributed by atoms with Crippen LogP contribution in [0.15, 0.2) is 81.8 Å². The van der Waals surface area contributed by atoms with E-state index >= 15 is 0 Å². The number of aliphatic hydroxyl groups excluding tert-OH is 2. The molecule has 2 aromatic heterocycles. The molecule has 0 radical (unpaired) electrons. The molecule has 0 unspecified atom stereocenters. The van der Waals surface area contributed by atoms with Gasteiger partial charge in [-0.25, -0.2) is 8.78 Å². The Morgan fingerprint density at radius 3 is 1.37 bits per heavy atom. The Bertz CT molecular complexity index is 2190. The summed E-state index contributed by atoms with van der Waals surface area (Å²) in [6.07, 6.45) is 4.78. The highest BCUT2D eigenvalue weighted by molar-refractivity contribution is 5.80. The van der Waals surface area contributed by atoms with Crippen LogP contribution in [-0.4, -0.2) is 97.0 Å². The minimum atomic E-state index is -0.540. The summed E-state index contributed by atoms with van der Waals surface area (Å²) in [4.78, 5) is 4.88. The van der Waals surface area contributed by atoms with Gasteiger partial charge in [0.1, 0.15) is 11.6 Å². The molecule has 0 saturated carbocycles. The van der Waals surface area contributed by atoms with E-state index in [0.29, 0.717) is 59.2 Å². The fourth-order valence-electron chi connectivity index (χ4n) is 8.38. The van der Waals surface area contributed by atoms with Crippen LogP contribution in [0.3, 0.4) is 0 Å². The first-order chi connectivity index (χ1) is 30.1. The third-order valence-electron chi connectivity index (χ3n) is 12.0. The standard InChI is InChI=1S/2C24H29FN2O4/c2*1-16(28)18-4-7-21(23(14-18)29-2)30-13-3-10-27-11-8-17(9-12-27)24-20-6-5-19(25)15-22(20)31-26-24/h2*4-7,14-17,28H,3,8-13H2,1-2H3/t2*16-/m10/s1. The van der Waals surface area contributed by atoms with E-state index in [-0.39, 0.29) is 11.6 Å². The number of piperidine rings is 2. The summed E-state index contributed by atoms with van der Waals surface area (Å²) in [5.74, 6) is 2.75. The van der Waals surface area contributed by atoms with Crippen LogP contribution in [0.25, 0.3) is 21.9 Å². The number of halogens is 2. The van der Waals surface area contributed by atoms with Crippen molar-refractivity contribution < 1.29 is 47.0 Å². The number of methoxy groups -OCH3 is 2. The minimum Gasteiger partial charge on any atom is -0.493 e. The Balaban J connectivity index is 0.000000186. The summed E-state index contributed by atoms with van der Waals surface area (Å²) in [5, 5.41) is 29.7. The lowest BCUT2D eigenvalue weighted by Crippen LogP contribution is -2.34. The van der Waals surface area contributed by atoms with E-state index in [1.165, 1.54) is 24.3 Å². The van der Waals surface area contributed by atoms with Crippen molar-refractivity contribution in [1.82, 2.24) is 20.1 Å². The summed E-state index contributed by atoms with van der Waals surface area (Å²) >= 11 is 0. The average Bonchev–Trinajstić information content (AvgIpc) is 3.91. The number of hydrogen-bond donors (Lipinski definition) is 2. The van der Waals surface area contributed by atoms with Crippen LogP contribution in [0.5, 0.6) is 23.0 Å². The van der Waals surface area contributed by atoms with Gasteiger partial charge in [0.2, 0.25) is 0 Å². The largest absolute Gasteiger partial charge is 0.493 e. The van der Waals surface area contributed by atoms with Crippen molar-refractivity contribution in [3.05, 3.63) is 107 Å². The van der Waals surface area contributed by atoms with Crippen LogP contribution in [-0.2, 0) is 0 Å². The van der Waals surface area contributed by atoms with Gasteiger partial charge >= 0.3 is 0 Å². The average molecular weight is 857 g/mol. The molecule has 2 saturated heterocycles. The van der Waals surface area contributed by atoms with Crippen molar-refractivity contribution in [2.45, 2.75) is 76.4 Å². The smallest absolute Gasteiger partial charge is 0.170 e. The number of benzene rings is 4. The molecular weight excluding hydrogens is 799 g/mol. The van der Waals surface area contributed by atoms with Crippen molar-refractivity contribution in [1.29, 1.82) is 0 Å². The van der Waals surface area contributed by atoms with Gasteiger partial charge in [-0.05, 0) is 138 Å². The van der Waals surface area contributed by atoms with Crippen LogP contribution in [0.2, 0.25) is 0 Å². The number of hydrogen-bond acceptors (Lipinski definition) is 12. The minimum absolute atomic E-state index is 0.302. The normalized spacial score (nSPS) is 16.5. The molecule has 6 aromatic rings. The highest BCUT2D eigenvalue weighted by Crippen LogP contribution is 2.35. The van der Waals surface area contributed by atoms with E-state index in [2.05, 4.69) is 20.1 Å². The number of likely N-dealkylation sites (tertiary alicyclic amines) is 2. The van der Waals surface area contributed by atoms with Crippen molar-refractivity contribution in [2.75, 3.05) is 66.7 Å². The molecule has 2 fully saturated rings. The van der Waals surface area contributed by atoms with Crippen LogP contribution in [0.1, 0.15) is 98.9 Å². The maximum absolute atomic E-state index is 13.4. The van der Waals surface area contributed by atoms with Gasteiger partial charge in [0, 0.05) is 47.8 Å². The molecule has 0 spiro atoms. The second-order valence-electron chi connectivity index (χ2n) is 16.2. The molecule has 4 aromatic carbocycles. The first-order valence-electron chi connectivity index (χ1n) is 21.6. The molecule has 0 aliphatic carbocycles. The monoisotopic (exact) mass is 856 g/mol. The molecule has 14 heteroatoms. The number of aliphatic hydroxyl groups is 2. The predicted octanol–water partition coefficient (Wildman–Crippen LogP) is 9.35. The van der Waals surface area contributed by atoms with E-state index in [0.717, 1.165) is 111 Å². The van der Waals surface area contributed by atoms with Crippen LogP contribution in [0.4, 0.5) is 8.78 Å². The Hall–Kier alpha value is -5.28. The summed E-state index contributed by atoms with van der Waals surface area (Å²) in [5.41, 5.74) is 4.55.